The van der Waals surface area contributed by atoms with Crippen molar-refractivity contribution >= 4 is 11.9 Å². The average Bonchev–Trinajstić information content (AvgIpc) is 3.07. The Labute approximate surface area is 177 Å². The predicted octanol–water partition coefficient (Wildman–Crippen LogP) is 3.31. The SMILES string of the molecule is Cc1cc(C)n(CC(=O)OCC(=O)N(CCc2ccccc2)Cc2ccccc2)n1. The molecule has 1 amide bonds. The van der Waals surface area contributed by atoms with Crippen LogP contribution in [0.15, 0.2) is 66.7 Å². The summed E-state index contributed by atoms with van der Waals surface area (Å²) in [4.78, 5) is 26.7. The third kappa shape index (κ3) is 6.30. The molecule has 3 rings (SSSR count). The van der Waals surface area contributed by atoms with E-state index in [1.165, 1.54) is 0 Å². The highest BCUT2D eigenvalue weighted by Crippen LogP contribution is 2.08. The molecule has 0 atom stereocenters. The minimum Gasteiger partial charge on any atom is -0.454 e. The summed E-state index contributed by atoms with van der Waals surface area (Å²) in [5.41, 5.74) is 3.91. The minimum absolute atomic E-state index is 0.00431. The lowest BCUT2D eigenvalue weighted by molar-refractivity contribution is -0.153. The van der Waals surface area contributed by atoms with Gasteiger partial charge >= 0.3 is 5.97 Å². The number of esters is 1. The number of hydrogen-bond donors (Lipinski definition) is 0. The Morgan fingerprint density at radius 3 is 2.20 bits per heavy atom. The number of carbonyl (C=O) groups excluding carboxylic acids is 2. The Kier molecular flexibility index (Phi) is 7.38. The summed E-state index contributed by atoms with van der Waals surface area (Å²) in [6, 6.07) is 21.7. The summed E-state index contributed by atoms with van der Waals surface area (Å²) in [6.45, 7) is 4.49. The van der Waals surface area contributed by atoms with Gasteiger partial charge in [0, 0.05) is 18.8 Å². The molecule has 0 spiro atoms. The van der Waals surface area contributed by atoms with Gasteiger partial charge in [0.25, 0.3) is 5.91 Å². The summed E-state index contributed by atoms with van der Waals surface area (Å²) < 4.78 is 6.83. The van der Waals surface area contributed by atoms with Crippen LogP contribution in [0.4, 0.5) is 0 Å². The van der Waals surface area contributed by atoms with Gasteiger partial charge in [0.2, 0.25) is 0 Å². The molecule has 1 aromatic heterocycles. The second-order valence-electron chi connectivity index (χ2n) is 7.28. The third-order valence-electron chi connectivity index (χ3n) is 4.82. The lowest BCUT2D eigenvalue weighted by Gasteiger charge is -2.23. The number of rotatable bonds is 9. The topological polar surface area (TPSA) is 64.4 Å². The van der Waals surface area contributed by atoms with Crippen molar-refractivity contribution in [3.05, 3.63) is 89.2 Å². The van der Waals surface area contributed by atoms with E-state index in [1.807, 2.05) is 80.6 Å². The van der Waals surface area contributed by atoms with Gasteiger partial charge in [-0.05, 0) is 37.5 Å². The van der Waals surface area contributed by atoms with Crippen LogP contribution in [0.3, 0.4) is 0 Å². The highest BCUT2D eigenvalue weighted by Gasteiger charge is 2.17. The number of ether oxygens (including phenoxy) is 1. The van der Waals surface area contributed by atoms with Crippen LogP contribution in [0.2, 0.25) is 0 Å². The first-order valence-corrected chi connectivity index (χ1v) is 10.0. The number of carbonyl (C=O) groups is 2. The Balaban J connectivity index is 1.58. The number of nitrogens with zero attached hydrogens (tertiary/aromatic N) is 3. The van der Waals surface area contributed by atoms with E-state index in [0.29, 0.717) is 13.1 Å². The molecule has 0 N–H and O–H groups in total. The molecule has 2 aromatic carbocycles. The molecule has 0 aliphatic carbocycles. The summed E-state index contributed by atoms with van der Waals surface area (Å²) in [6.07, 6.45) is 0.735. The summed E-state index contributed by atoms with van der Waals surface area (Å²) in [5.74, 6) is -0.686. The van der Waals surface area contributed by atoms with E-state index < -0.39 is 5.97 Å². The largest absolute Gasteiger partial charge is 0.454 e. The van der Waals surface area contributed by atoms with Gasteiger partial charge in [-0.25, -0.2) is 0 Å². The van der Waals surface area contributed by atoms with Gasteiger partial charge < -0.3 is 9.64 Å². The van der Waals surface area contributed by atoms with Gasteiger partial charge in [0.1, 0.15) is 6.54 Å². The molecule has 1 heterocycles. The second kappa shape index (κ2) is 10.4. The molecule has 6 heteroatoms. The molecule has 6 nitrogen and oxygen atoms in total. The quantitative estimate of drug-likeness (QED) is 0.513. The Hall–Kier alpha value is -3.41. The number of aromatic nitrogens is 2. The zero-order valence-electron chi connectivity index (χ0n) is 17.5. The van der Waals surface area contributed by atoms with Crippen molar-refractivity contribution in [2.75, 3.05) is 13.2 Å². The highest BCUT2D eigenvalue weighted by atomic mass is 16.5. The number of hydrogen-bond acceptors (Lipinski definition) is 4. The van der Waals surface area contributed by atoms with Crippen molar-refractivity contribution in [2.24, 2.45) is 0 Å². The van der Waals surface area contributed by atoms with Crippen molar-refractivity contribution in [3.8, 4) is 0 Å². The number of benzene rings is 2. The summed E-state index contributed by atoms with van der Waals surface area (Å²) in [5, 5.41) is 4.25. The van der Waals surface area contributed by atoms with E-state index in [-0.39, 0.29) is 19.1 Å². The average molecular weight is 405 g/mol. The van der Waals surface area contributed by atoms with E-state index >= 15 is 0 Å². The molecule has 0 aliphatic heterocycles. The summed E-state index contributed by atoms with van der Waals surface area (Å²) >= 11 is 0. The standard InChI is InChI=1S/C24H27N3O3/c1-19-15-20(2)27(25-19)17-24(29)30-18-23(28)26(16-22-11-7-4-8-12-22)14-13-21-9-5-3-6-10-21/h3-12,15H,13-14,16-18H2,1-2H3. The lowest BCUT2D eigenvalue weighted by atomic mass is 10.1. The van der Waals surface area contributed by atoms with Gasteiger partial charge in [0.15, 0.2) is 6.61 Å². The van der Waals surface area contributed by atoms with E-state index in [9.17, 15) is 9.59 Å². The second-order valence-corrected chi connectivity index (χ2v) is 7.28. The van der Waals surface area contributed by atoms with Crippen LogP contribution in [0, 0.1) is 13.8 Å². The molecule has 0 radical (unpaired) electrons. The van der Waals surface area contributed by atoms with Crippen LogP contribution in [-0.4, -0.2) is 39.7 Å². The molecule has 0 bridgehead atoms. The Morgan fingerprint density at radius 2 is 1.60 bits per heavy atom. The Morgan fingerprint density at radius 1 is 0.967 bits per heavy atom. The molecule has 156 valence electrons. The first-order valence-electron chi connectivity index (χ1n) is 10.0. The van der Waals surface area contributed by atoms with E-state index in [4.69, 9.17) is 4.74 Å². The van der Waals surface area contributed by atoms with Crippen molar-refractivity contribution in [2.45, 2.75) is 33.4 Å². The maximum atomic E-state index is 12.8. The molecular formula is C24H27N3O3. The molecule has 0 saturated heterocycles. The maximum Gasteiger partial charge on any atom is 0.328 e. The normalized spacial score (nSPS) is 10.6. The fourth-order valence-electron chi connectivity index (χ4n) is 3.24. The van der Waals surface area contributed by atoms with Gasteiger partial charge in [0.05, 0.1) is 5.69 Å². The first kappa shape index (κ1) is 21.3. The van der Waals surface area contributed by atoms with Gasteiger partial charge in [-0.1, -0.05) is 60.7 Å². The monoisotopic (exact) mass is 405 g/mol. The van der Waals surface area contributed by atoms with Gasteiger partial charge in [-0.3, -0.25) is 14.3 Å². The van der Waals surface area contributed by atoms with Gasteiger partial charge in [-0.15, -0.1) is 0 Å². The smallest absolute Gasteiger partial charge is 0.328 e. The van der Waals surface area contributed by atoms with Crippen molar-refractivity contribution in [3.63, 3.8) is 0 Å². The third-order valence-corrected chi connectivity index (χ3v) is 4.82. The first-order chi connectivity index (χ1) is 14.5. The maximum absolute atomic E-state index is 12.8. The zero-order valence-corrected chi connectivity index (χ0v) is 17.5. The highest BCUT2D eigenvalue weighted by molar-refractivity contribution is 5.80. The van der Waals surface area contributed by atoms with Crippen LogP contribution in [0.1, 0.15) is 22.5 Å². The van der Waals surface area contributed by atoms with Crippen LogP contribution < -0.4 is 0 Å². The number of aryl methyl sites for hydroxylation is 2. The molecule has 0 aliphatic rings. The van der Waals surface area contributed by atoms with Gasteiger partial charge in [-0.2, -0.15) is 5.10 Å². The van der Waals surface area contributed by atoms with E-state index in [1.54, 1.807) is 9.58 Å². The molecular weight excluding hydrogens is 378 g/mol. The Bertz CT molecular complexity index is 968. The molecule has 3 aromatic rings. The van der Waals surface area contributed by atoms with Crippen molar-refractivity contribution in [1.82, 2.24) is 14.7 Å². The minimum atomic E-state index is -0.475. The van der Waals surface area contributed by atoms with Crippen LogP contribution in [0.25, 0.3) is 0 Å². The van der Waals surface area contributed by atoms with Crippen molar-refractivity contribution in [1.29, 1.82) is 0 Å². The van der Waals surface area contributed by atoms with E-state index in [0.717, 1.165) is 28.9 Å². The van der Waals surface area contributed by atoms with E-state index in [2.05, 4.69) is 5.10 Å². The molecule has 0 fully saturated rings. The predicted molar refractivity (Wildman–Crippen MR) is 115 cm³/mol. The number of amides is 1. The fraction of sp³-hybridized carbons (Fsp3) is 0.292. The summed E-state index contributed by atoms with van der Waals surface area (Å²) in [7, 11) is 0. The van der Waals surface area contributed by atoms with Crippen LogP contribution >= 0.6 is 0 Å². The zero-order chi connectivity index (χ0) is 21.3. The van der Waals surface area contributed by atoms with Crippen LogP contribution in [0.5, 0.6) is 0 Å². The molecule has 0 saturated carbocycles. The fourth-order valence-corrected chi connectivity index (χ4v) is 3.24. The molecule has 30 heavy (non-hydrogen) atoms. The molecule has 0 unspecified atom stereocenters. The lowest BCUT2D eigenvalue weighted by Crippen LogP contribution is -2.36. The van der Waals surface area contributed by atoms with Crippen molar-refractivity contribution < 1.29 is 14.3 Å². The van der Waals surface area contributed by atoms with Crippen LogP contribution in [-0.2, 0) is 33.8 Å².